The molecule has 1 aromatic heterocycles. The van der Waals surface area contributed by atoms with E-state index in [1.165, 1.54) is 16.8 Å². The van der Waals surface area contributed by atoms with E-state index in [9.17, 15) is 13.2 Å². The lowest BCUT2D eigenvalue weighted by Crippen LogP contribution is -2.43. The molecule has 118 valence electrons. The van der Waals surface area contributed by atoms with Crippen molar-refractivity contribution >= 4 is 5.69 Å². The Hall–Kier alpha value is -2.02. The number of anilines is 1. The fourth-order valence-corrected chi connectivity index (χ4v) is 2.76. The number of aromatic nitrogens is 2. The number of alkyl halides is 3. The summed E-state index contributed by atoms with van der Waals surface area (Å²) in [5, 5.41) is 7.44. The van der Waals surface area contributed by atoms with Crippen LogP contribution in [0.25, 0.3) is 5.69 Å². The second kappa shape index (κ2) is 5.64. The SMILES string of the molecule is Cc1c(N2CCNCC2)cnn1-c1ccccc1C(F)(F)F. The van der Waals surface area contributed by atoms with E-state index in [4.69, 9.17) is 0 Å². The molecule has 0 radical (unpaired) electrons. The number of benzene rings is 1. The number of halogens is 3. The van der Waals surface area contributed by atoms with Gasteiger partial charge in [0.15, 0.2) is 0 Å². The molecule has 0 bridgehead atoms. The summed E-state index contributed by atoms with van der Waals surface area (Å²) in [6, 6.07) is 5.52. The molecule has 0 amide bonds. The van der Waals surface area contributed by atoms with E-state index in [-0.39, 0.29) is 5.69 Å². The molecule has 3 rings (SSSR count). The van der Waals surface area contributed by atoms with Gasteiger partial charge in [-0.1, -0.05) is 12.1 Å². The molecular formula is C15H17F3N4. The zero-order chi connectivity index (χ0) is 15.7. The lowest BCUT2D eigenvalue weighted by molar-refractivity contribution is -0.137. The summed E-state index contributed by atoms with van der Waals surface area (Å²) in [5.74, 6) is 0. The Morgan fingerprint density at radius 2 is 1.77 bits per heavy atom. The third kappa shape index (κ3) is 2.68. The van der Waals surface area contributed by atoms with Gasteiger partial charge in [0.2, 0.25) is 0 Å². The Bertz CT molecular complexity index is 657. The number of nitrogens with zero attached hydrogens (tertiary/aromatic N) is 3. The normalized spacial score (nSPS) is 16.1. The van der Waals surface area contributed by atoms with Crippen LogP contribution in [0.1, 0.15) is 11.3 Å². The maximum Gasteiger partial charge on any atom is 0.418 e. The third-order valence-electron chi connectivity index (χ3n) is 3.88. The van der Waals surface area contributed by atoms with Crippen molar-refractivity contribution < 1.29 is 13.2 Å². The van der Waals surface area contributed by atoms with Crippen molar-refractivity contribution in [1.82, 2.24) is 15.1 Å². The number of piperazine rings is 1. The second-order valence-electron chi connectivity index (χ2n) is 5.28. The van der Waals surface area contributed by atoms with Crippen LogP contribution in [0.5, 0.6) is 0 Å². The molecule has 2 heterocycles. The van der Waals surface area contributed by atoms with Gasteiger partial charge in [-0.05, 0) is 19.1 Å². The van der Waals surface area contributed by atoms with Gasteiger partial charge in [-0.15, -0.1) is 0 Å². The van der Waals surface area contributed by atoms with Crippen LogP contribution in [0.15, 0.2) is 30.5 Å². The molecule has 1 aliphatic rings. The standard InChI is InChI=1S/C15H17F3N4/c1-11-14(21-8-6-19-7-9-21)10-20-22(11)13-5-3-2-4-12(13)15(16,17)18/h2-5,10,19H,6-9H2,1H3. The number of hydrogen-bond acceptors (Lipinski definition) is 3. The lowest BCUT2D eigenvalue weighted by atomic mass is 10.1. The third-order valence-corrected chi connectivity index (χ3v) is 3.88. The summed E-state index contributed by atoms with van der Waals surface area (Å²) in [6.07, 6.45) is -2.75. The monoisotopic (exact) mass is 310 g/mol. The predicted octanol–water partition coefficient (Wildman–Crippen LogP) is 2.61. The molecule has 2 aromatic rings. The molecule has 1 saturated heterocycles. The highest BCUT2D eigenvalue weighted by molar-refractivity contribution is 5.54. The zero-order valence-electron chi connectivity index (χ0n) is 12.2. The molecule has 0 spiro atoms. The predicted molar refractivity (Wildman–Crippen MR) is 78.4 cm³/mol. The zero-order valence-corrected chi connectivity index (χ0v) is 12.2. The van der Waals surface area contributed by atoms with Gasteiger partial charge in [0.25, 0.3) is 0 Å². The van der Waals surface area contributed by atoms with Crippen molar-refractivity contribution in [2.24, 2.45) is 0 Å². The topological polar surface area (TPSA) is 33.1 Å². The van der Waals surface area contributed by atoms with Gasteiger partial charge >= 0.3 is 6.18 Å². The van der Waals surface area contributed by atoms with Crippen molar-refractivity contribution in [3.05, 3.63) is 41.7 Å². The van der Waals surface area contributed by atoms with Crippen LogP contribution < -0.4 is 10.2 Å². The summed E-state index contributed by atoms with van der Waals surface area (Å²) in [4.78, 5) is 2.14. The van der Waals surface area contributed by atoms with Crippen molar-refractivity contribution in [3.63, 3.8) is 0 Å². The van der Waals surface area contributed by atoms with Crippen LogP contribution in [0.2, 0.25) is 0 Å². The summed E-state index contributed by atoms with van der Waals surface area (Å²) in [6.45, 7) is 5.19. The van der Waals surface area contributed by atoms with Crippen LogP contribution in [-0.2, 0) is 6.18 Å². The fraction of sp³-hybridized carbons (Fsp3) is 0.400. The Kier molecular flexibility index (Phi) is 3.82. The molecule has 0 atom stereocenters. The van der Waals surface area contributed by atoms with E-state index in [1.54, 1.807) is 19.2 Å². The van der Waals surface area contributed by atoms with Gasteiger partial charge in [0.05, 0.1) is 28.8 Å². The van der Waals surface area contributed by atoms with E-state index in [1.807, 2.05) is 0 Å². The summed E-state index contributed by atoms with van der Waals surface area (Å²) >= 11 is 0. The maximum absolute atomic E-state index is 13.2. The van der Waals surface area contributed by atoms with E-state index >= 15 is 0 Å². The quantitative estimate of drug-likeness (QED) is 0.925. The molecule has 0 unspecified atom stereocenters. The number of rotatable bonds is 2. The van der Waals surface area contributed by atoms with Crippen molar-refractivity contribution in [2.75, 3.05) is 31.1 Å². The Labute approximate surface area is 126 Å². The van der Waals surface area contributed by atoms with Gasteiger partial charge in [-0.2, -0.15) is 18.3 Å². The first-order valence-corrected chi connectivity index (χ1v) is 7.15. The van der Waals surface area contributed by atoms with Crippen molar-refractivity contribution in [3.8, 4) is 5.69 Å². The molecule has 1 fully saturated rings. The van der Waals surface area contributed by atoms with Gasteiger partial charge in [0.1, 0.15) is 0 Å². The van der Waals surface area contributed by atoms with Crippen LogP contribution in [0, 0.1) is 6.92 Å². The lowest BCUT2D eigenvalue weighted by Gasteiger charge is -2.28. The summed E-state index contributed by atoms with van der Waals surface area (Å²) in [5.41, 5.74) is 0.999. The highest BCUT2D eigenvalue weighted by atomic mass is 19.4. The minimum Gasteiger partial charge on any atom is -0.366 e. The Morgan fingerprint density at radius 1 is 1.09 bits per heavy atom. The summed E-state index contributed by atoms with van der Waals surface area (Å²) in [7, 11) is 0. The minimum atomic E-state index is -4.40. The average Bonchev–Trinajstić information content (AvgIpc) is 2.89. The largest absolute Gasteiger partial charge is 0.418 e. The van der Waals surface area contributed by atoms with Gasteiger partial charge in [-0.3, -0.25) is 0 Å². The highest BCUT2D eigenvalue weighted by Crippen LogP contribution is 2.34. The summed E-state index contributed by atoms with van der Waals surface area (Å²) < 4.78 is 40.9. The first kappa shape index (κ1) is 14.9. The minimum absolute atomic E-state index is 0.0638. The van der Waals surface area contributed by atoms with Gasteiger partial charge < -0.3 is 10.2 Å². The van der Waals surface area contributed by atoms with Crippen LogP contribution in [-0.4, -0.2) is 36.0 Å². The Balaban J connectivity index is 2.02. The molecule has 4 nitrogen and oxygen atoms in total. The number of hydrogen-bond donors (Lipinski definition) is 1. The molecule has 22 heavy (non-hydrogen) atoms. The maximum atomic E-state index is 13.2. The fourth-order valence-electron chi connectivity index (χ4n) is 2.76. The van der Waals surface area contributed by atoms with E-state index in [0.29, 0.717) is 0 Å². The molecule has 7 heteroatoms. The van der Waals surface area contributed by atoms with E-state index in [2.05, 4.69) is 15.3 Å². The van der Waals surface area contributed by atoms with Crippen LogP contribution in [0.3, 0.4) is 0 Å². The van der Waals surface area contributed by atoms with Crippen LogP contribution >= 0.6 is 0 Å². The first-order chi connectivity index (χ1) is 10.5. The smallest absolute Gasteiger partial charge is 0.366 e. The number of para-hydroxylation sites is 1. The van der Waals surface area contributed by atoms with Crippen molar-refractivity contribution in [1.29, 1.82) is 0 Å². The molecule has 0 aliphatic carbocycles. The average molecular weight is 310 g/mol. The molecular weight excluding hydrogens is 293 g/mol. The molecule has 1 aliphatic heterocycles. The van der Waals surface area contributed by atoms with Crippen LogP contribution in [0.4, 0.5) is 18.9 Å². The highest BCUT2D eigenvalue weighted by Gasteiger charge is 2.34. The van der Waals surface area contributed by atoms with E-state index < -0.39 is 11.7 Å². The number of nitrogens with one attached hydrogen (secondary N) is 1. The molecule has 0 saturated carbocycles. The van der Waals surface area contributed by atoms with E-state index in [0.717, 1.165) is 43.6 Å². The van der Waals surface area contributed by atoms with Crippen molar-refractivity contribution in [2.45, 2.75) is 13.1 Å². The van der Waals surface area contributed by atoms with Gasteiger partial charge in [-0.25, -0.2) is 4.68 Å². The second-order valence-corrected chi connectivity index (χ2v) is 5.28. The Morgan fingerprint density at radius 3 is 2.45 bits per heavy atom. The first-order valence-electron chi connectivity index (χ1n) is 7.15. The van der Waals surface area contributed by atoms with Gasteiger partial charge in [0, 0.05) is 26.2 Å². The molecule has 1 aromatic carbocycles. The molecule has 1 N–H and O–H groups in total.